The van der Waals surface area contributed by atoms with Crippen LogP contribution in [0.5, 0.6) is 5.75 Å². The van der Waals surface area contributed by atoms with Gasteiger partial charge in [0.2, 0.25) is 5.91 Å². The zero-order valence-corrected chi connectivity index (χ0v) is 16.4. The lowest BCUT2D eigenvalue weighted by atomic mass is 10.1. The Balaban J connectivity index is 1.62. The van der Waals surface area contributed by atoms with E-state index in [0.717, 1.165) is 15.7 Å². The number of phenols is 1. The number of hydrazone groups is 1. The van der Waals surface area contributed by atoms with Crippen LogP contribution in [-0.4, -0.2) is 17.2 Å². The lowest BCUT2D eigenvalue weighted by Crippen LogP contribution is -2.19. The number of carbonyl (C=O) groups is 1. The summed E-state index contributed by atoms with van der Waals surface area (Å²) in [5.74, 6) is -0.220. The lowest BCUT2D eigenvalue weighted by Gasteiger charge is -2.02. The average Bonchev–Trinajstić information content (AvgIpc) is 2.71. The molecule has 0 heterocycles. The Bertz CT molecular complexity index is 1000. The molecule has 6 nitrogen and oxygen atoms in total. The summed E-state index contributed by atoms with van der Waals surface area (Å²) in [5.41, 5.74) is 5.04. The Labute approximate surface area is 170 Å². The van der Waals surface area contributed by atoms with Gasteiger partial charge in [-0.2, -0.15) is 15.3 Å². The molecular weight excluding hydrogens is 420 g/mol. The van der Waals surface area contributed by atoms with E-state index in [1.165, 1.54) is 12.3 Å². The summed E-state index contributed by atoms with van der Waals surface area (Å²) < 4.78 is 0.953. The molecule has 0 aliphatic rings. The number of halogens is 1. The van der Waals surface area contributed by atoms with Crippen LogP contribution in [-0.2, 0) is 11.2 Å². The van der Waals surface area contributed by atoms with E-state index in [2.05, 4.69) is 36.7 Å². The fraction of sp³-hybridized carbons (Fsp3) is 0.0476. The fourth-order valence-corrected chi connectivity index (χ4v) is 2.58. The van der Waals surface area contributed by atoms with E-state index in [1.807, 2.05) is 54.6 Å². The first-order valence-electron chi connectivity index (χ1n) is 8.46. The van der Waals surface area contributed by atoms with Gasteiger partial charge in [0, 0.05) is 10.0 Å². The summed E-state index contributed by atoms with van der Waals surface area (Å²) in [6.07, 6.45) is 1.58. The molecule has 3 aromatic rings. The second-order valence-electron chi connectivity index (χ2n) is 5.88. The van der Waals surface area contributed by atoms with Gasteiger partial charge in [-0.1, -0.05) is 46.3 Å². The molecule has 0 bridgehead atoms. The van der Waals surface area contributed by atoms with Gasteiger partial charge in [0.25, 0.3) is 0 Å². The molecule has 7 heteroatoms. The van der Waals surface area contributed by atoms with Crippen LogP contribution in [0.2, 0.25) is 0 Å². The minimum absolute atomic E-state index is 0.0320. The minimum atomic E-state index is -0.252. The molecule has 0 aliphatic carbocycles. The minimum Gasteiger partial charge on any atom is -0.507 e. The SMILES string of the molecule is O=C(Cc1ccc(Br)cc1)N/N=C\c1cc(N=Nc2ccccc2)ccc1O. The Morgan fingerprint density at radius 2 is 1.68 bits per heavy atom. The predicted octanol–water partition coefficient (Wildman–Crippen LogP) is 5.26. The highest BCUT2D eigenvalue weighted by molar-refractivity contribution is 9.10. The van der Waals surface area contributed by atoms with Crippen LogP contribution >= 0.6 is 15.9 Å². The van der Waals surface area contributed by atoms with Gasteiger partial charge in [-0.3, -0.25) is 4.79 Å². The van der Waals surface area contributed by atoms with Crippen molar-refractivity contribution in [2.45, 2.75) is 6.42 Å². The first-order chi connectivity index (χ1) is 13.6. The number of rotatable bonds is 6. The van der Waals surface area contributed by atoms with Gasteiger partial charge in [-0.05, 0) is 48.0 Å². The van der Waals surface area contributed by atoms with E-state index in [1.54, 1.807) is 12.1 Å². The summed E-state index contributed by atoms with van der Waals surface area (Å²) in [5, 5.41) is 22.2. The van der Waals surface area contributed by atoms with Crippen LogP contribution in [0.15, 0.2) is 92.6 Å². The number of azo groups is 1. The Kier molecular flexibility index (Phi) is 6.64. The van der Waals surface area contributed by atoms with Crippen LogP contribution in [0.25, 0.3) is 0 Å². The molecule has 0 aromatic heterocycles. The van der Waals surface area contributed by atoms with Crippen LogP contribution < -0.4 is 5.43 Å². The molecule has 28 heavy (non-hydrogen) atoms. The van der Waals surface area contributed by atoms with Crippen molar-refractivity contribution >= 4 is 39.4 Å². The predicted molar refractivity (Wildman–Crippen MR) is 112 cm³/mol. The molecule has 0 saturated carbocycles. The maximum atomic E-state index is 12.0. The second-order valence-corrected chi connectivity index (χ2v) is 6.79. The molecule has 0 saturated heterocycles. The molecule has 0 spiro atoms. The van der Waals surface area contributed by atoms with E-state index in [4.69, 9.17) is 0 Å². The van der Waals surface area contributed by atoms with Crippen molar-refractivity contribution in [3.05, 3.63) is 88.4 Å². The molecule has 0 radical (unpaired) electrons. The van der Waals surface area contributed by atoms with Crippen molar-refractivity contribution in [2.75, 3.05) is 0 Å². The van der Waals surface area contributed by atoms with Gasteiger partial charge in [-0.15, -0.1) is 0 Å². The number of nitrogens with zero attached hydrogens (tertiary/aromatic N) is 3. The summed E-state index contributed by atoms with van der Waals surface area (Å²) >= 11 is 3.35. The number of carbonyl (C=O) groups excluding carboxylic acids is 1. The largest absolute Gasteiger partial charge is 0.507 e. The zero-order valence-electron chi connectivity index (χ0n) is 14.8. The highest BCUT2D eigenvalue weighted by Gasteiger charge is 2.03. The Hall–Kier alpha value is -3.32. The molecule has 0 aliphatic heterocycles. The third-order valence-corrected chi connectivity index (χ3v) is 4.25. The number of aromatic hydroxyl groups is 1. The van der Waals surface area contributed by atoms with Gasteiger partial charge in [0.1, 0.15) is 5.75 Å². The van der Waals surface area contributed by atoms with Crippen molar-refractivity contribution in [1.82, 2.24) is 5.43 Å². The molecule has 140 valence electrons. The third kappa shape index (κ3) is 5.85. The number of hydrogen-bond donors (Lipinski definition) is 2. The topological polar surface area (TPSA) is 86.4 Å². The molecular formula is C21H17BrN4O2. The maximum absolute atomic E-state index is 12.0. The van der Waals surface area contributed by atoms with Gasteiger partial charge < -0.3 is 5.11 Å². The van der Waals surface area contributed by atoms with E-state index < -0.39 is 0 Å². The summed E-state index contributed by atoms with van der Waals surface area (Å²) in [4.78, 5) is 12.0. The van der Waals surface area contributed by atoms with Crippen molar-refractivity contribution in [1.29, 1.82) is 0 Å². The summed E-state index contributed by atoms with van der Waals surface area (Å²) in [6.45, 7) is 0. The zero-order chi connectivity index (χ0) is 19.8. The van der Waals surface area contributed by atoms with Crippen molar-refractivity contribution in [3.8, 4) is 5.75 Å². The quantitative estimate of drug-likeness (QED) is 0.313. The highest BCUT2D eigenvalue weighted by atomic mass is 79.9. The average molecular weight is 437 g/mol. The van der Waals surface area contributed by atoms with Crippen molar-refractivity contribution in [2.24, 2.45) is 15.3 Å². The third-order valence-electron chi connectivity index (χ3n) is 3.72. The van der Waals surface area contributed by atoms with E-state index >= 15 is 0 Å². The van der Waals surface area contributed by atoms with Gasteiger partial charge in [0.05, 0.1) is 24.0 Å². The first kappa shape index (κ1) is 19.4. The van der Waals surface area contributed by atoms with Crippen LogP contribution in [0.3, 0.4) is 0 Å². The Morgan fingerprint density at radius 3 is 2.43 bits per heavy atom. The normalized spacial score (nSPS) is 11.2. The number of nitrogens with one attached hydrogen (secondary N) is 1. The van der Waals surface area contributed by atoms with Crippen molar-refractivity contribution in [3.63, 3.8) is 0 Å². The molecule has 0 fully saturated rings. The maximum Gasteiger partial charge on any atom is 0.244 e. The molecule has 3 rings (SSSR count). The van der Waals surface area contributed by atoms with E-state index in [9.17, 15) is 9.90 Å². The van der Waals surface area contributed by atoms with Crippen LogP contribution in [0, 0.1) is 0 Å². The van der Waals surface area contributed by atoms with Crippen molar-refractivity contribution < 1.29 is 9.90 Å². The number of benzene rings is 3. The van der Waals surface area contributed by atoms with E-state index in [-0.39, 0.29) is 18.1 Å². The number of phenolic OH excluding ortho intramolecular Hbond substituents is 1. The number of hydrogen-bond acceptors (Lipinski definition) is 5. The Morgan fingerprint density at radius 1 is 0.964 bits per heavy atom. The standard InChI is InChI=1S/C21H17BrN4O2/c22-17-8-6-15(7-9-17)12-21(28)26-23-14-16-13-19(10-11-20(16)27)25-24-18-4-2-1-3-5-18/h1-11,13-14,27H,12H2,(H,26,28)/b23-14-,25-24?. The van der Waals surface area contributed by atoms with Gasteiger partial charge in [0.15, 0.2) is 0 Å². The second kappa shape index (κ2) is 9.57. The molecule has 3 aromatic carbocycles. The van der Waals surface area contributed by atoms with E-state index in [0.29, 0.717) is 11.3 Å². The summed E-state index contributed by atoms with van der Waals surface area (Å²) in [7, 11) is 0. The molecule has 2 N–H and O–H groups in total. The smallest absolute Gasteiger partial charge is 0.244 e. The summed E-state index contributed by atoms with van der Waals surface area (Å²) in [6, 6.07) is 21.6. The van der Waals surface area contributed by atoms with Crippen LogP contribution in [0.1, 0.15) is 11.1 Å². The molecule has 0 atom stereocenters. The first-order valence-corrected chi connectivity index (χ1v) is 9.25. The number of amides is 1. The fourth-order valence-electron chi connectivity index (χ4n) is 2.32. The molecule has 0 unspecified atom stereocenters. The van der Waals surface area contributed by atoms with Gasteiger partial charge >= 0.3 is 0 Å². The van der Waals surface area contributed by atoms with Crippen LogP contribution in [0.4, 0.5) is 11.4 Å². The highest BCUT2D eigenvalue weighted by Crippen LogP contribution is 2.24. The van der Waals surface area contributed by atoms with Gasteiger partial charge in [-0.25, -0.2) is 5.43 Å². The monoisotopic (exact) mass is 436 g/mol. The lowest BCUT2D eigenvalue weighted by molar-refractivity contribution is -0.120. The molecule has 1 amide bonds.